The zero-order chi connectivity index (χ0) is 21.2. The maximum Gasteiger partial charge on any atom is 2.00 e. The number of carbonyl (C=O) groups is 1. The number of nitro benzene ring substituents is 1. The van der Waals surface area contributed by atoms with Crippen molar-refractivity contribution in [1.29, 1.82) is 0 Å². The molecular weight excluding hydrogens is 365 g/mol. The van der Waals surface area contributed by atoms with E-state index < -0.39 is 4.92 Å². The summed E-state index contributed by atoms with van der Waals surface area (Å²) in [5.41, 5.74) is 2.58. The molecule has 1 N–H and O–H groups in total. The number of nitrogens with one attached hydrogen (secondary N) is 1. The first-order chi connectivity index (χ1) is 12.9. The van der Waals surface area contributed by atoms with Crippen molar-refractivity contribution in [3.8, 4) is 0 Å². The molecule has 0 radical (unpaired) electrons. The monoisotopic (exact) mass is 396 g/mol. The van der Waals surface area contributed by atoms with Crippen molar-refractivity contribution in [3.05, 3.63) is 83.4 Å². The number of benzene rings is 2. The summed E-state index contributed by atoms with van der Waals surface area (Å²) in [7, 11) is 0. The number of aromatic nitrogens is 1. The maximum atomic E-state index is 10.0. The summed E-state index contributed by atoms with van der Waals surface area (Å²) in [5.74, 6) is -0.0833. The van der Waals surface area contributed by atoms with Crippen molar-refractivity contribution in [2.24, 2.45) is 0 Å². The third-order valence-corrected chi connectivity index (χ3v) is 2.63. The Bertz CT molecular complexity index is 741. The molecule has 150 valence electrons. The van der Waals surface area contributed by atoms with Crippen LogP contribution in [0.15, 0.2) is 60.7 Å². The average molecular weight is 397 g/mol. The van der Waals surface area contributed by atoms with Gasteiger partial charge >= 0.3 is 23.1 Å². The Morgan fingerprint density at radius 2 is 1.43 bits per heavy atom. The Morgan fingerprint density at radius 3 is 1.82 bits per heavy atom. The number of Topliss-reactive ketones (excluding diaryl/α,β-unsaturated/α-hetero) is 1. The van der Waals surface area contributed by atoms with Crippen molar-refractivity contribution < 1.29 is 11.1 Å². The number of fused-ring (bicyclic) bond motifs is 1. The minimum Gasteiger partial charge on any atom is -1.00 e. The molecule has 28 heavy (non-hydrogen) atoms. The van der Waals surface area contributed by atoms with Crippen LogP contribution >= 0.6 is 0 Å². The van der Waals surface area contributed by atoms with Crippen molar-refractivity contribution in [3.63, 3.8) is 0 Å². The number of non-ortho nitro benzene ring substituents is 1. The maximum absolute atomic E-state index is 10.0. The second-order valence-corrected chi connectivity index (χ2v) is 4.83. The standard InChI is InChI=1S/C9H9N.C6H5NO2.C3H5O.2C2H6.Mg.H/c1-7-6-8-4-2-3-5-9(8)10-7;8-7(9)6-4-2-1-3-5-6;1-3(2)4;2*1-2;;/h2-6,10H,1H3;1-5H;1H2,2H3;2*1-2H3;;/q;;-1;;;+2;-1. The van der Waals surface area contributed by atoms with E-state index >= 15 is 0 Å². The minimum atomic E-state index is -0.417. The molecule has 6 heteroatoms. The zero-order valence-corrected chi connectivity index (χ0v) is 19.3. The van der Waals surface area contributed by atoms with Crippen LogP contribution < -0.4 is 0 Å². The molecule has 0 fully saturated rings. The van der Waals surface area contributed by atoms with Crippen LogP contribution in [-0.4, -0.2) is 38.7 Å². The van der Waals surface area contributed by atoms with Crippen LogP contribution in [-0.2, 0) is 4.79 Å². The number of aryl methyl sites for hydroxylation is 1. The zero-order valence-electron chi connectivity index (χ0n) is 18.9. The van der Waals surface area contributed by atoms with Crippen LogP contribution in [0.25, 0.3) is 10.9 Å². The molecule has 0 atom stereocenters. The predicted octanol–water partition coefficient (Wildman–Crippen LogP) is 6.26. The van der Waals surface area contributed by atoms with E-state index in [1.807, 2.05) is 33.8 Å². The number of ketones is 1. The summed E-state index contributed by atoms with van der Waals surface area (Å²) in [6.45, 7) is 14.5. The molecule has 2 aromatic carbocycles. The molecule has 3 aromatic rings. The van der Waals surface area contributed by atoms with Gasteiger partial charge in [0.25, 0.3) is 5.69 Å². The van der Waals surface area contributed by atoms with Gasteiger partial charge in [0.05, 0.1) is 4.92 Å². The fraction of sp³-hybridized carbons (Fsp3) is 0.273. The third kappa shape index (κ3) is 14.8. The van der Waals surface area contributed by atoms with Crippen LogP contribution in [0.2, 0.25) is 0 Å². The topological polar surface area (TPSA) is 76.0 Å². The van der Waals surface area contributed by atoms with E-state index in [1.54, 1.807) is 18.2 Å². The Balaban J connectivity index is -0.000000153. The number of hydrogen-bond donors (Lipinski definition) is 1. The normalized spacial score (nSPS) is 7.93. The second-order valence-electron chi connectivity index (χ2n) is 4.83. The van der Waals surface area contributed by atoms with Gasteiger partial charge in [-0.2, -0.15) is 0 Å². The van der Waals surface area contributed by atoms with Crippen molar-refractivity contribution in [2.75, 3.05) is 0 Å². The molecule has 0 saturated heterocycles. The SMILES string of the molecule is CC.CC.Cc1cc2ccccc2[nH]1.O=[N+]([O-])c1ccccc1.[CH2-]C(C)=O.[H-].[Mg+2]. The van der Waals surface area contributed by atoms with E-state index in [0.717, 1.165) is 0 Å². The van der Waals surface area contributed by atoms with Gasteiger partial charge in [0, 0.05) is 23.3 Å². The summed E-state index contributed by atoms with van der Waals surface area (Å²) in [6.07, 6.45) is 0. The Hall–Kier alpha value is -2.31. The van der Waals surface area contributed by atoms with Gasteiger partial charge in [-0.3, -0.25) is 10.1 Å². The molecular formula is C22H32MgN2O3. The molecule has 0 saturated carbocycles. The Kier molecular flexibility index (Phi) is 21.1. The van der Waals surface area contributed by atoms with Gasteiger partial charge in [0.15, 0.2) is 0 Å². The van der Waals surface area contributed by atoms with Gasteiger partial charge in [-0.25, -0.2) is 0 Å². The minimum absolute atomic E-state index is 0. The first kappa shape index (κ1) is 30.4. The van der Waals surface area contributed by atoms with E-state index in [4.69, 9.17) is 0 Å². The van der Waals surface area contributed by atoms with Crippen molar-refractivity contribution >= 4 is 45.4 Å². The summed E-state index contributed by atoms with van der Waals surface area (Å²) >= 11 is 0. The van der Waals surface area contributed by atoms with Crippen LogP contribution in [0.1, 0.15) is 41.7 Å². The van der Waals surface area contributed by atoms with Crippen LogP contribution in [0.4, 0.5) is 5.69 Å². The molecule has 0 aliphatic rings. The van der Waals surface area contributed by atoms with Gasteiger partial charge in [0.2, 0.25) is 0 Å². The van der Waals surface area contributed by atoms with E-state index in [1.165, 1.54) is 35.7 Å². The number of nitro groups is 1. The van der Waals surface area contributed by atoms with Gasteiger partial charge in [-0.15, -0.1) is 0 Å². The molecule has 1 aromatic heterocycles. The fourth-order valence-corrected chi connectivity index (χ4v) is 1.77. The number of nitrogens with zero attached hydrogens (tertiary/aromatic N) is 1. The Morgan fingerprint density at radius 1 is 1.00 bits per heavy atom. The number of carbonyl (C=O) groups excluding carboxylic acids is 1. The fourth-order valence-electron chi connectivity index (χ4n) is 1.77. The first-order valence-corrected chi connectivity index (χ1v) is 8.96. The number of para-hydroxylation sites is 2. The summed E-state index contributed by atoms with van der Waals surface area (Å²) in [5, 5.41) is 11.3. The molecule has 0 aliphatic carbocycles. The molecule has 5 nitrogen and oxygen atoms in total. The van der Waals surface area contributed by atoms with Crippen LogP contribution in [0.3, 0.4) is 0 Å². The van der Waals surface area contributed by atoms with Gasteiger partial charge in [0.1, 0.15) is 0 Å². The molecule has 0 aliphatic heterocycles. The van der Waals surface area contributed by atoms with E-state index in [0.29, 0.717) is 0 Å². The summed E-state index contributed by atoms with van der Waals surface area (Å²) in [6, 6.07) is 18.4. The number of aromatic amines is 1. The first-order valence-electron chi connectivity index (χ1n) is 8.96. The average Bonchev–Trinajstić information content (AvgIpc) is 3.06. The van der Waals surface area contributed by atoms with E-state index in [-0.39, 0.29) is 36.0 Å². The molecule has 1 heterocycles. The predicted molar refractivity (Wildman–Crippen MR) is 122 cm³/mol. The number of rotatable bonds is 1. The third-order valence-electron chi connectivity index (χ3n) is 2.63. The molecule has 0 amide bonds. The number of H-pyrrole nitrogens is 1. The Labute approximate surface area is 186 Å². The van der Waals surface area contributed by atoms with Crippen molar-refractivity contribution in [2.45, 2.75) is 41.5 Å². The van der Waals surface area contributed by atoms with Crippen molar-refractivity contribution in [1.82, 2.24) is 4.98 Å². The second kappa shape index (κ2) is 19.4. The van der Waals surface area contributed by atoms with E-state index in [9.17, 15) is 14.9 Å². The number of hydrogen-bond acceptors (Lipinski definition) is 3. The van der Waals surface area contributed by atoms with Gasteiger partial charge in [-0.05, 0) is 37.1 Å². The van der Waals surface area contributed by atoms with E-state index in [2.05, 4.69) is 43.1 Å². The summed E-state index contributed by atoms with van der Waals surface area (Å²) in [4.78, 5) is 22.2. The molecule has 0 bridgehead atoms. The van der Waals surface area contributed by atoms with Gasteiger partial charge < -0.3 is 18.1 Å². The quantitative estimate of drug-likeness (QED) is 0.228. The smallest absolute Gasteiger partial charge is 1.00 e. The largest absolute Gasteiger partial charge is 2.00 e. The molecule has 0 unspecified atom stereocenters. The van der Waals surface area contributed by atoms with Crippen LogP contribution in [0, 0.1) is 24.0 Å². The molecule has 0 spiro atoms. The molecule has 3 rings (SSSR count). The summed E-state index contributed by atoms with van der Waals surface area (Å²) < 4.78 is 0. The van der Waals surface area contributed by atoms with Crippen LogP contribution in [0.5, 0.6) is 0 Å². The van der Waals surface area contributed by atoms with Gasteiger partial charge in [-0.1, -0.05) is 64.1 Å².